The highest BCUT2D eigenvalue weighted by molar-refractivity contribution is 7.07. The van der Waals surface area contributed by atoms with Gasteiger partial charge in [-0.2, -0.15) is 0 Å². The number of carbonyl (C=O) groups excluding carboxylic acids is 2. The van der Waals surface area contributed by atoms with Crippen LogP contribution in [0.5, 0.6) is 0 Å². The van der Waals surface area contributed by atoms with E-state index in [1.807, 2.05) is 0 Å². The number of piperidine rings is 1. The van der Waals surface area contributed by atoms with Crippen LogP contribution in [0.15, 0.2) is 24.3 Å². The van der Waals surface area contributed by atoms with Gasteiger partial charge in [-0.1, -0.05) is 4.49 Å². The Balaban J connectivity index is 1.46. The van der Waals surface area contributed by atoms with Gasteiger partial charge >= 0.3 is 0 Å². The first-order chi connectivity index (χ1) is 13.0. The number of nitro groups is 1. The predicted molar refractivity (Wildman–Crippen MR) is 98.7 cm³/mol. The molecule has 27 heavy (non-hydrogen) atoms. The molecule has 2 amide bonds. The molecule has 1 aromatic heterocycles. The van der Waals surface area contributed by atoms with Gasteiger partial charge in [-0.15, -0.1) is 5.10 Å². The topological polar surface area (TPSA) is 118 Å². The van der Waals surface area contributed by atoms with Gasteiger partial charge in [-0.05, 0) is 49.3 Å². The van der Waals surface area contributed by atoms with Crippen LogP contribution >= 0.6 is 11.5 Å². The summed E-state index contributed by atoms with van der Waals surface area (Å²) in [6, 6.07) is 5.52. The minimum atomic E-state index is -0.499. The van der Waals surface area contributed by atoms with E-state index in [4.69, 9.17) is 0 Å². The van der Waals surface area contributed by atoms with Crippen molar-refractivity contribution in [1.29, 1.82) is 0 Å². The number of non-ortho nitro benzene ring substituents is 1. The van der Waals surface area contributed by atoms with Crippen LogP contribution in [0.2, 0.25) is 0 Å². The van der Waals surface area contributed by atoms with Crippen molar-refractivity contribution in [2.45, 2.75) is 19.8 Å². The van der Waals surface area contributed by atoms with Crippen molar-refractivity contribution < 1.29 is 14.5 Å². The quantitative estimate of drug-likeness (QED) is 0.617. The number of carbonyl (C=O) groups is 2. The van der Waals surface area contributed by atoms with Crippen LogP contribution in [0.25, 0.3) is 0 Å². The third kappa shape index (κ3) is 4.45. The molecule has 9 nitrogen and oxygen atoms in total. The number of aromatic nitrogens is 2. The normalized spacial score (nSPS) is 14.8. The first-order valence-corrected chi connectivity index (χ1v) is 9.34. The smallest absolute Gasteiger partial charge is 0.269 e. The van der Waals surface area contributed by atoms with Crippen molar-refractivity contribution in [2.24, 2.45) is 5.92 Å². The van der Waals surface area contributed by atoms with Crippen LogP contribution in [0.4, 0.5) is 5.69 Å². The van der Waals surface area contributed by atoms with E-state index in [9.17, 15) is 19.7 Å². The largest absolute Gasteiger partial charge is 0.352 e. The van der Waals surface area contributed by atoms with Gasteiger partial charge in [0, 0.05) is 37.3 Å². The lowest BCUT2D eigenvalue weighted by molar-refractivity contribution is -0.384. The second-order valence-electron chi connectivity index (χ2n) is 6.44. The summed E-state index contributed by atoms with van der Waals surface area (Å²) in [5.41, 5.74) is 0.999. The Morgan fingerprint density at radius 1 is 1.30 bits per heavy atom. The third-order valence-corrected chi connectivity index (χ3v) is 5.46. The van der Waals surface area contributed by atoms with Gasteiger partial charge in [0.05, 0.1) is 10.6 Å². The van der Waals surface area contributed by atoms with Gasteiger partial charge in [-0.3, -0.25) is 19.7 Å². The van der Waals surface area contributed by atoms with Gasteiger partial charge in [0.15, 0.2) is 0 Å². The Hall–Kier alpha value is -2.88. The highest BCUT2D eigenvalue weighted by Crippen LogP contribution is 2.21. The number of hydrogen-bond donors (Lipinski definition) is 1. The number of aryl methyl sites for hydroxylation is 1. The second-order valence-corrected chi connectivity index (χ2v) is 7.19. The lowest BCUT2D eigenvalue weighted by atomic mass is 9.96. The highest BCUT2D eigenvalue weighted by atomic mass is 32.1. The molecular formula is C17H19N5O4S. The summed E-state index contributed by atoms with van der Waals surface area (Å²) in [5, 5.41) is 17.4. The monoisotopic (exact) mass is 389 g/mol. The van der Waals surface area contributed by atoms with Gasteiger partial charge in [0.1, 0.15) is 4.88 Å². The van der Waals surface area contributed by atoms with Crippen LogP contribution in [0.1, 0.15) is 38.6 Å². The molecule has 0 atom stereocenters. The summed E-state index contributed by atoms with van der Waals surface area (Å²) in [7, 11) is 0. The minimum Gasteiger partial charge on any atom is -0.352 e. The van der Waals surface area contributed by atoms with E-state index in [2.05, 4.69) is 14.9 Å². The van der Waals surface area contributed by atoms with Crippen molar-refractivity contribution in [3.05, 3.63) is 50.5 Å². The van der Waals surface area contributed by atoms with Gasteiger partial charge < -0.3 is 10.2 Å². The Kier molecular flexibility index (Phi) is 5.75. The molecule has 0 spiro atoms. The Morgan fingerprint density at radius 2 is 1.96 bits per heavy atom. The Morgan fingerprint density at radius 3 is 2.52 bits per heavy atom. The molecule has 10 heteroatoms. The summed E-state index contributed by atoms with van der Waals surface area (Å²) in [6.07, 6.45) is 1.61. The fourth-order valence-corrected chi connectivity index (χ4v) is 3.61. The first-order valence-electron chi connectivity index (χ1n) is 8.56. The summed E-state index contributed by atoms with van der Waals surface area (Å²) < 4.78 is 3.80. The molecule has 1 aliphatic rings. The van der Waals surface area contributed by atoms with E-state index in [0.29, 0.717) is 35.8 Å². The number of likely N-dealkylation sites (tertiary alicyclic amines) is 1. The fraction of sp³-hybridized carbons (Fsp3) is 0.412. The molecule has 1 aromatic carbocycles. The molecule has 1 saturated heterocycles. The van der Waals surface area contributed by atoms with Crippen molar-refractivity contribution >= 4 is 29.0 Å². The molecule has 0 bridgehead atoms. The molecule has 1 fully saturated rings. The zero-order valence-corrected chi connectivity index (χ0v) is 15.6. The highest BCUT2D eigenvalue weighted by Gasteiger charge is 2.26. The van der Waals surface area contributed by atoms with E-state index in [1.165, 1.54) is 24.3 Å². The van der Waals surface area contributed by atoms with Crippen molar-refractivity contribution in [2.75, 3.05) is 19.6 Å². The SMILES string of the molecule is Cc1nnsc1C(=O)N1CCC(CNC(=O)c2ccc([N+](=O)[O-])cc2)CC1. The lowest BCUT2D eigenvalue weighted by Gasteiger charge is -2.31. The number of benzene rings is 1. The molecule has 2 heterocycles. The summed E-state index contributed by atoms with van der Waals surface area (Å²) >= 11 is 1.12. The number of rotatable bonds is 5. The molecule has 0 aliphatic carbocycles. The van der Waals surface area contributed by atoms with Crippen LogP contribution in [0.3, 0.4) is 0 Å². The van der Waals surface area contributed by atoms with Crippen LogP contribution in [-0.4, -0.2) is 50.9 Å². The molecule has 2 aromatic rings. The maximum absolute atomic E-state index is 12.5. The van der Waals surface area contributed by atoms with E-state index >= 15 is 0 Å². The van der Waals surface area contributed by atoms with Crippen molar-refractivity contribution in [3.63, 3.8) is 0 Å². The predicted octanol–water partition coefficient (Wildman–Crippen LogP) is 2.04. The molecule has 0 saturated carbocycles. The van der Waals surface area contributed by atoms with Gasteiger partial charge in [0.25, 0.3) is 17.5 Å². The van der Waals surface area contributed by atoms with E-state index in [-0.39, 0.29) is 23.4 Å². The number of nitrogens with one attached hydrogen (secondary N) is 1. The van der Waals surface area contributed by atoms with E-state index in [1.54, 1.807) is 11.8 Å². The average molecular weight is 389 g/mol. The minimum absolute atomic E-state index is 0.0316. The number of nitrogens with zero attached hydrogens (tertiary/aromatic N) is 4. The molecule has 3 rings (SSSR count). The molecule has 1 aliphatic heterocycles. The van der Waals surface area contributed by atoms with E-state index < -0.39 is 4.92 Å². The molecular weight excluding hydrogens is 370 g/mol. The fourth-order valence-electron chi connectivity index (χ4n) is 2.99. The first kappa shape index (κ1) is 18.9. The number of nitro benzene ring substituents is 1. The zero-order chi connectivity index (χ0) is 19.4. The maximum Gasteiger partial charge on any atom is 0.269 e. The van der Waals surface area contributed by atoms with E-state index in [0.717, 1.165) is 24.4 Å². The third-order valence-electron chi connectivity index (χ3n) is 4.64. The number of amides is 2. The van der Waals surface area contributed by atoms with Gasteiger partial charge in [-0.25, -0.2) is 0 Å². The summed E-state index contributed by atoms with van der Waals surface area (Å²) in [5.74, 6) is 0.00218. The van der Waals surface area contributed by atoms with Crippen LogP contribution in [0, 0.1) is 23.0 Å². The van der Waals surface area contributed by atoms with Crippen LogP contribution in [-0.2, 0) is 0 Å². The standard InChI is InChI=1S/C17H19N5O4S/c1-11-15(27-20-19-11)17(24)21-8-6-12(7-9-21)10-18-16(23)13-2-4-14(5-3-13)22(25)26/h2-5,12H,6-10H2,1H3,(H,18,23). The lowest BCUT2D eigenvalue weighted by Crippen LogP contribution is -2.41. The molecule has 1 N–H and O–H groups in total. The number of hydrogen-bond acceptors (Lipinski definition) is 7. The zero-order valence-electron chi connectivity index (χ0n) is 14.8. The van der Waals surface area contributed by atoms with Crippen LogP contribution < -0.4 is 5.32 Å². The van der Waals surface area contributed by atoms with Gasteiger partial charge in [0.2, 0.25) is 0 Å². The maximum atomic E-state index is 12.5. The van der Waals surface area contributed by atoms with Crippen molar-refractivity contribution in [3.8, 4) is 0 Å². The molecule has 142 valence electrons. The molecule has 0 unspecified atom stereocenters. The Bertz CT molecular complexity index is 843. The summed E-state index contributed by atoms with van der Waals surface area (Å²) in [6.45, 7) is 3.55. The summed E-state index contributed by atoms with van der Waals surface area (Å²) in [4.78, 5) is 37.2. The van der Waals surface area contributed by atoms with Crippen molar-refractivity contribution in [1.82, 2.24) is 19.8 Å². The Labute approximate surface area is 159 Å². The second kappa shape index (κ2) is 8.21. The average Bonchev–Trinajstić information content (AvgIpc) is 3.12. The molecule has 0 radical (unpaired) electrons.